The lowest BCUT2D eigenvalue weighted by molar-refractivity contribution is -0.387. The van der Waals surface area contributed by atoms with Crippen LogP contribution in [0.2, 0.25) is 0 Å². The van der Waals surface area contributed by atoms with Gasteiger partial charge in [0.25, 0.3) is 5.69 Å². The van der Waals surface area contributed by atoms with Gasteiger partial charge in [-0.25, -0.2) is 9.97 Å². The summed E-state index contributed by atoms with van der Waals surface area (Å²) in [6, 6.07) is 4.43. The van der Waals surface area contributed by atoms with Gasteiger partial charge in [0.2, 0.25) is 0 Å². The van der Waals surface area contributed by atoms with Gasteiger partial charge >= 0.3 is 0 Å². The van der Waals surface area contributed by atoms with Crippen molar-refractivity contribution in [2.75, 3.05) is 0 Å². The number of aromatic nitrogens is 2. The summed E-state index contributed by atoms with van der Waals surface area (Å²) in [5, 5.41) is 11.7. The lowest BCUT2D eigenvalue weighted by Gasteiger charge is -2.07. The smallest absolute Gasteiger partial charge is 0.284 e. The molecule has 0 bridgehead atoms. The Bertz CT molecular complexity index is 752. The summed E-state index contributed by atoms with van der Waals surface area (Å²) in [5.74, 6) is -0.210. The summed E-state index contributed by atoms with van der Waals surface area (Å²) < 4.78 is 0. The number of carbonyl (C=O) groups is 1. The number of carbonyl (C=O) groups excluding carboxylic acids is 1. The van der Waals surface area contributed by atoms with E-state index >= 15 is 0 Å². The number of aryl methyl sites for hydroxylation is 2. The van der Waals surface area contributed by atoms with Gasteiger partial charge in [0.15, 0.2) is 10.9 Å². The molecule has 0 atom stereocenters. The van der Waals surface area contributed by atoms with Crippen molar-refractivity contribution in [2.24, 2.45) is 0 Å². The predicted molar refractivity (Wildman–Crippen MR) is 83.5 cm³/mol. The van der Waals surface area contributed by atoms with E-state index in [-0.39, 0.29) is 11.5 Å². The van der Waals surface area contributed by atoms with Crippen molar-refractivity contribution in [3.05, 3.63) is 50.8 Å². The second kappa shape index (κ2) is 6.23. The third kappa shape index (κ3) is 3.30. The minimum Gasteiger partial charge on any atom is -0.295 e. The molecule has 0 radical (unpaired) electrons. The minimum atomic E-state index is -0.497. The number of benzene rings is 1. The minimum absolute atomic E-state index is 0.114. The van der Waals surface area contributed by atoms with Crippen molar-refractivity contribution in [3.63, 3.8) is 0 Å². The van der Waals surface area contributed by atoms with Crippen LogP contribution in [0, 0.1) is 30.9 Å². The van der Waals surface area contributed by atoms with Crippen LogP contribution < -0.4 is 0 Å². The summed E-state index contributed by atoms with van der Waals surface area (Å²) in [7, 11) is 0. The zero-order valence-corrected chi connectivity index (χ0v) is 13.5. The van der Waals surface area contributed by atoms with Crippen LogP contribution in [0.5, 0.6) is 0 Å². The van der Waals surface area contributed by atoms with E-state index in [1.165, 1.54) is 13.0 Å². The van der Waals surface area contributed by atoms with Crippen LogP contribution in [-0.4, -0.2) is 20.7 Å². The third-order valence-corrected chi connectivity index (χ3v) is 4.31. The van der Waals surface area contributed by atoms with Gasteiger partial charge in [-0.05, 0) is 57.2 Å². The van der Waals surface area contributed by atoms with Crippen molar-refractivity contribution in [2.45, 2.75) is 37.7 Å². The van der Waals surface area contributed by atoms with Crippen molar-refractivity contribution >= 4 is 23.2 Å². The van der Waals surface area contributed by atoms with E-state index in [0.29, 0.717) is 15.6 Å². The highest BCUT2D eigenvalue weighted by Crippen LogP contribution is 2.34. The van der Waals surface area contributed by atoms with Gasteiger partial charge in [0.1, 0.15) is 0 Å². The van der Waals surface area contributed by atoms with Crippen LogP contribution in [0.4, 0.5) is 5.69 Å². The van der Waals surface area contributed by atoms with Crippen LogP contribution >= 0.6 is 11.8 Å². The topological polar surface area (TPSA) is 86.0 Å². The lowest BCUT2D eigenvalue weighted by atomic mass is 10.1. The number of ketones is 1. The highest BCUT2D eigenvalue weighted by atomic mass is 32.2. The Hall–Kier alpha value is -2.28. The summed E-state index contributed by atoms with van der Waals surface area (Å²) in [5.41, 5.74) is 2.90. The monoisotopic (exact) mass is 317 g/mol. The van der Waals surface area contributed by atoms with Crippen LogP contribution in [0.15, 0.2) is 28.3 Å². The molecule has 6 nitrogen and oxygen atoms in total. The first kappa shape index (κ1) is 16.1. The second-order valence-electron chi connectivity index (χ2n) is 4.90. The first-order valence-electron chi connectivity index (χ1n) is 6.58. The fourth-order valence-electron chi connectivity index (χ4n) is 1.85. The summed E-state index contributed by atoms with van der Waals surface area (Å²) in [6.07, 6.45) is 0. The number of nitrogens with zero attached hydrogens (tertiary/aromatic N) is 3. The van der Waals surface area contributed by atoms with E-state index in [2.05, 4.69) is 9.97 Å². The molecular formula is C15H15N3O3S. The second-order valence-corrected chi connectivity index (χ2v) is 5.91. The molecule has 1 aromatic carbocycles. The van der Waals surface area contributed by atoms with E-state index in [1.807, 2.05) is 20.8 Å². The molecule has 22 heavy (non-hydrogen) atoms. The SMILES string of the molecule is CC(=O)c1ccc(Sc2nc(C)c(C)c(C)n2)c([N+](=O)[O-])c1. The van der Waals surface area contributed by atoms with Gasteiger partial charge in [-0.15, -0.1) is 0 Å². The Labute approximate surface area is 132 Å². The lowest BCUT2D eigenvalue weighted by Crippen LogP contribution is -2.00. The Morgan fingerprint density at radius 3 is 2.27 bits per heavy atom. The molecular weight excluding hydrogens is 302 g/mol. The number of Topliss-reactive ketones (excluding diaryl/α,β-unsaturated/α-hetero) is 1. The van der Waals surface area contributed by atoms with E-state index < -0.39 is 4.92 Å². The molecule has 0 saturated heterocycles. The molecule has 2 aromatic rings. The molecule has 0 unspecified atom stereocenters. The maximum Gasteiger partial charge on any atom is 0.284 e. The van der Waals surface area contributed by atoms with Gasteiger partial charge in [-0.3, -0.25) is 14.9 Å². The molecule has 1 aromatic heterocycles. The maximum atomic E-state index is 11.4. The van der Waals surface area contributed by atoms with Crippen LogP contribution in [-0.2, 0) is 0 Å². The highest BCUT2D eigenvalue weighted by molar-refractivity contribution is 7.99. The summed E-state index contributed by atoms with van der Waals surface area (Å²) in [6.45, 7) is 7.06. The molecule has 0 amide bonds. The first-order chi connectivity index (χ1) is 10.3. The highest BCUT2D eigenvalue weighted by Gasteiger charge is 2.18. The zero-order chi connectivity index (χ0) is 16.4. The van der Waals surface area contributed by atoms with Crippen molar-refractivity contribution in [1.29, 1.82) is 0 Å². The molecule has 0 N–H and O–H groups in total. The van der Waals surface area contributed by atoms with Gasteiger partial charge < -0.3 is 0 Å². The van der Waals surface area contributed by atoms with E-state index in [9.17, 15) is 14.9 Å². The Morgan fingerprint density at radius 1 is 1.18 bits per heavy atom. The Kier molecular flexibility index (Phi) is 4.56. The van der Waals surface area contributed by atoms with E-state index in [0.717, 1.165) is 28.7 Å². The Morgan fingerprint density at radius 2 is 1.77 bits per heavy atom. The van der Waals surface area contributed by atoms with Crippen molar-refractivity contribution in [3.8, 4) is 0 Å². The van der Waals surface area contributed by atoms with Crippen LogP contribution in [0.3, 0.4) is 0 Å². The molecule has 7 heteroatoms. The molecule has 0 aliphatic carbocycles. The number of hydrogen-bond donors (Lipinski definition) is 0. The summed E-state index contributed by atoms with van der Waals surface area (Å²) in [4.78, 5) is 31.2. The molecule has 1 heterocycles. The van der Waals surface area contributed by atoms with E-state index in [1.54, 1.807) is 12.1 Å². The zero-order valence-electron chi connectivity index (χ0n) is 12.7. The molecule has 0 fully saturated rings. The summed E-state index contributed by atoms with van der Waals surface area (Å²) >= 11 is 1.12. The fraction of sp³-hybridized carbons (Fsp3) is 0.267. The molecule has 0 saturated carbocycles. The maximum absolute atomic E-state index is 11.4. The van der Waals surface area contributed by atoms with Crippen molar-refractivity contribution < 1.29 is 9.72 Å². The normalized spacial score (nSPS) is 10.5. The van der Waals surface area contributed by atoms with E-state index in [4.69, 9.17) is 0 Å². The van der Waals surface area contributed by atoms with Gasteiger partial charge in [-0.1, -0.05) is 0 Å². The number of hydrogen-bond acceptors (Lipinski definition) is 6. The molecule has 0 aliphatic rings. The van der Waals surface area contributed by atoms with Crippen LogP contribution in [0.25, 0.3) is 0 Å². The average molecular weight is 317 g/mol. The Balaban J connectivity index is 2.45. The quantitative estimate of drug-likeness (QED) is 0.370. The third-order valence-electron chi connectivity index (χ3n) is 3.38. The standard InChI is InChI=1S/C15H15N3O3S/c1-8-9(2)16-15(17-10(8)3)22-14-6-5-12(11(4)19)7-13(14)18(20)21/h5-7H,1-4H3. The van der Waals surface area contributed by atoms with Gasteiger partial charge in [0.05, 0.1) is 9.82 Å². The fourth-order valence-corrected chi connectivity index (χ4v) is 2.79. The largest absolute Gasteiger partial charge is 0.295 e. The van der Waals surface area contributed by atoms with Crippen molar-refractivity contribution in [1.82, 2.24) is 9.97 Å². The van der Waals surface area contributed by atoms with Gasteiger partial charge in [0, 0.05) is 23.0 Å². The first-order valence-corrected chi connectivity index (χ1v) is 7.40. The predicted octanol–water partition coefficient (Wildman–Crippen LogP) is 3.66. The average Bonchev–Trinajstić information content (AvgIpc) is 2.44. The number of rotatable bonds is 4. The molecule has 2 rings (SSSR count). The van der Waals surface area contributed by atoms with Gasteiger partial charge in [-0.2, -0.15) is 0 Å². The number of nitro benzene ring substituents is 1. The number of nitro groups is 1. The molecule has 0 spiro atoms. The molecule has 0 aliphatic heterocycles. The molecule has 114 valence electrons. The van der Waals surface area contributed by atoms with Crippen LogP contribution in [0.1, 0.15) is 34.2 Å².